The predicted octanol–water partition coefficient (Wildman–Crippen LogP) is 5.17. The number of hydrogen-bond acceptors (Lipinski definition) is 4. The van der Waals surface area contributed by atoms with Crippen LogP contribution in [0.2, 0.25) is 0 Å². The summed E-state index contributed by atoms with van der Waals surface area (Å²) in [6.45, 7) is 3.61. The van der Waals surface area contributed by atoms with E-state index in [9.17, 15) is 8.42 Å². The highest BCUT2D eigenvalue weighted by atomic mass is 32.2. The summed E-state index contributed by atoms with van der Waals surface area (Å²) >= 11 is 0. The van der Waals surface area contributed by atoms with Gasteiger partial charge in [0.05, 0.1) is 18.1 Å². The standard InChI is InChI=1S/C21H32O4S/c1-19-12-14-20(15-13-19)26(22,23)18-9-7-5-3-2-4-6-8-11-21-24-16-10-17-25-21/h9,12-15,18,21H,2-8,10-11,16-17H2,1H3/b18-9+. The van der Waals surface area contributed by atoms with Crippen molar-refractivity contribution in [3.05, 3.63) is 41.3 Å². The van der Waals surface area contributed by atoms with Crippen LogP contribution in [0.5, 0.6) is 0 Å². The maximum absolute atomic E-state index is 12.2. The summed E-state index contributed by atoms with van der Waals surface area (Å²) in [5.41, 5.74) is 1.06. The third-order valence-corrected chi connectivity index (χ3v) is 6.06. The van der Waals surface area contributed by atoms with Crippen molar-refractivity contribution < 1.29 is 17.9 Å². The second-order valence-electron chi connectivity index (χ2n) is 6.95. The Balaban J connectivity index is 1.50. The van der Waals surface area contributed by atoms with Gasteiger partial charge in [-0.2, -0.15) is 0 Å². The zero-order chi connectivity index (χ0) is 18.7. The molecule has 5 heteroatoms. The summed E-state index contributed by atoms with van der Waals surface area (Å²) in [5, 5.41) is 1.35. The molecule has 1 aliphatic rings. The van der Waals surface area contributed by atoms with Crippen LogP contribution in [0.25, 0.3) is 0 Å². The largest absolute Gasteiger partial charge is 0.353 e. The topological polar surface area (TPSA) is 52.6 Å². The quantitative estimate of drug-likeness (QED) is 0.497. The van der Waals surface area contributed by atoms with Crippen LogP contribution in [-0.4, -0.2) is 27.9 Å². The lowest BCUT2D eigenvalue weighted by atomic mass is 10.1. The van der Waals surface area contributed by atoms with E-state index in [1.807, 2.05) is 19.1 Å². The molecule has 0 saturated carbocycles. The average molecular weight is 381 g/mol. The molecule has 26 heavy (non-hydrogen) atoms. The van der Waals surface area contributed by atoms with Crippen LogP contribution in [0, 0.1) is 6.92 Å². The third kappa shape index (κ3) is 8.02. The number of ether oxygens (including phenoxy) is 2. The van der Waals surface area contributed by atoms with E-state index in [0.29, 0.717) is 4.90 Å². The summed E-state index contributed by atoms with van der Waals surface area (Å²) in [5.74, 6) is 0. The molecular weight excluding hydrogens is 348 g/mol. The SMILES string of the molecule is Cc1ccc(S(=O)(=O)/C=C/CCCCCCCCC2OCCCO2)cc1. The molecule has 1 aliphatic heterocycles. The molecule has 2 rings (SSSR count). The minimum atomic E-state index is -3.30. The lowest BCUT2D eigenvalue weighted by Gasteiger charge is -2.22. The van der Waals surface area contributed by atoms with E-state index < -0.39 is 9.84 Å². The Bertz CT molecular complexity index is 628. The minimum absolute atomic E-state index is 0.0179. The highest BCUT2D eigenvalue weighted by Crippen LogP contribution is 2.16. The van der Waals surface area contributed by atoms with Gasteiger partial charge in [0.1, 0.15) is 0 Å². The van der Waals surface area contributed by atoms with E-state index in [0.717, 1.165) is 57.3 Å². The molecule has 1 aromatic rings. The number of rotatable bonds is 11. The van der Waals surface area contributed by atoms with Crippen LogP contribution in [0.15, 0.2) is 40.6 Å². The van der Waals surface area contributed by atoms with Crippen molar-refractivity contribution in [3.63, 3.8) is 0 Å². The molecule has 0 amide bonds. The van der Waals surface area contributed by atoms with Gasteiger partial charge in [-0.05, 0) is 51.2 Å². The van der Waals surface area contributed by atoms with Crippen LogP contribution in [0.1, 0.15) is 63.4 Å². The van der Waals surface area contributed by atoms with Gasteiger partial charge in [-0.1, -0.05) is 49.5 Å². The van der Waals surface area contributed by atoms with Crippen molar-refractivity contribution >= 4 is 9.84 Å². The predicted molar refractivity (Wildman–Crippen MR) is 105 cm³/mol. The van der Waals surface area contributed by atoms with Crippen LogP contribution in [-0.2, 0) is 19.3 Å². The Morgan fingerprint density at radius 2 is 1.58 bits per heavy atom. The molecule has 1 fully saturated rings. The zero-order valence-corrected chi connectivity index (χ0v) is 16.7. The van der Waals surface area contributed by atoms with Gasteiger partial charge < -0.3 is 9.47 Å². The van der Waals surface area contributed by atoms with Crippen LogP contribution in [0.3, 0.4) is 0 Å². The van der Waals surface area contributed by atoms with Gasteiger partial charge in [0, 0.05) is 5.41 Å². The van der Waals surface area contributed by atoms with Gasteiger partial charge in [-0.25, -0.2) is 8.42 Å². The molecule has 146 valence electrons. The van der Waals surface area contributed by atoms with Crippen molar-refractivity contribution in [2.45, 2.75) is 75.9 Å². The molecule has 0 bridgehead atoms. The first-order chi connectivity index (χ1) is 12.6. The number of benzene rings is 1. The molecule has 4 nitrogen and oxygen atoms in total. The maximum atomic E-state index is 12.2. The lowest BCUT2D eigenvalue weighted by molar-refractivity contribution is -0.181. The molecule has 0 aromatic heterocycles. The Morgan fingerprint density at radius 1 is 0.962 bits per heavy atom. The molecule has 0 spiro atoms. The summed E-state index contributed by atoms with van der Waals surface area (Å²) in [7, 11) is -3.30. The van der Waals surface area contributed by atoms with Crippen LogP contribution in [0.4, 0.5) is 0 Å². The van der Waals surface area contributed by atoms with Crippen molar-refractivity contribution in [1.29, 1.82) is 0 Å². The average Bonchev–Trinajstić information content (AvgIpc) is 2.64. The second-order valence-corrected chi connectivity index (χ2v) is 8.79. The molecule has 0 radical (unpaired) electrons. The minimum Gasteiger partial charge on any atom is -0.353 e. The number of allylic oxidation sites excluding steroid dienone is 1. The second kappa shape index (κ2) is 11.5. The highest BCUT2D eigenvalue weighted by molar-refractivity contribution is 7.94. The van der Waals surface area contributed by atoms with E-state index in [4.69, 9.17) is 9.47 Å². The molecular formula is C21H32O4S. The van der Waals surface area contributed by atoms with Gasteiger partial charge in [-0.3, -0.25) is 0 Å². The van der Waals surface area contributed by atoms with Gasteiger partial charge in [0.15, 0.2) is 16.1 Å². The monoisotopic (exact) mass is 380 g/mol. The molecule has 0 N–H and O–H groups in total. The molecule has 0 aliphatic carbocycles. The molecule has 0 unspecified atom stereocenters. The highest BCUT2D eigenvalue weighted by Gasteiger charge is 2.13. The zero-order valence-electron chi connectivity index (χ0n) is 15.9. The number of aryl methyl sites for hydroxylation is 1. The molecule has 1 heterocycles. The lowest BCUT2D eigenvalue weighted by Crippen LogP contribution is -2.24. The number of unbranched alkanes of at least 4 members (excludes halogenated alkanes) is 6. The Labute approximate surface area is 158 Å². The van der Waals surface area contributed by atoms with Gasteiger partial charge in [-0.15, -0.1) is 0 Å². The van der Waals surface area contributed by atoms with Crippen molar-refractivity contribution in [2.75, 3.05) is 13.2 Å². The fourth-order valence-corrected chi connectivity index (χ4v) is 4.05. The van der Waals surface area contributed by atoms with E-state index in [2.05, 4.69) is 0 Å². The molecule has 0 atom stereocenters. The number of hydrogen-bond donors (Lipinski definition) is 0. The van der Waals surface area contributed by atoms with E-state index in [1.165, 1.54) is 24.7 Å². The summed E-state index contributed by atoms with van der Waals surface area (Å²) in [4.78, 5) is 0.366. The Kier molecular flexibility index (Phi) is 9.37. The van der Waals surface area contributed by atoms with Crippen molar-refractivity contribution in [2.24, 2.45) is 0 Å². The van der Waals surface area contributed by atoms with Crippen molar-refractivity contribution in [3.8, 4) is 0 Å². The first-order valence-electron chi connectivity index (χ1n) is 9.79. The van der Waals surface area contributed by atoms with Gasteiger partial charge in [0.25, 0.3) is 0 Å². The first kappa shape index (κ1) is 21.1. The van der Waals surface area contributed by atoms with Crippen LogP contribution >= 0.6 is 0 Å². The summed E-state index contributed by atoms with van der Waals surface area (Å²) < 4.78 is 35.4. The van der Waals surface area contributed by atoms with E-state index in [1.54, 1.807) is 18.2 Å². The normalized spacial score (nSPS) is 16.3. The molecule has 1 aromatic carbocycles. The van der Waals surface area contributed by atoms with E-state index in [-0.39, 0.29) is 6.29 Å². The number of sulfone groups is 1. The fraction of sp³-hybridized carbons (Fsp3) is 0.619. The summed E-state index contributed by atoms with van der Waals surface area (Å²) in [6.07, 6.45) is 11.6. The maximum Gasteiger partial charge on any atom is 0.199 e. The summed E-state index contributed by atoms with van der Waals surface area (Å²) in [6, 6.07) is 6.98. The van der Waals surface area contributed by atoms with Crippen molar-refractivity contribution in [1.82, 2.24) is 0 Å². The smallest absolute Gasteiger partial charge is 0.199 e. The Morgan fingerprint density at radius 3 is 2.27 bits per heavy atom. The van der Waals surface area contributed by atoms with E-state index >= 15 is 0 Å². The molecule has 1 saturated heterocycles. The third-order valence-electron chi connectivity index (χ3n) is 4.58. The van der Waals surface area contributed by atoms with Crippen LogP contribution < -0.4 is 0 Å². The van der Waals surface area contributed by atoms with Gasteiger partial charge >= 0.3 is 0 Å². The fourth-order valence-electron chi connectivity index (χ4n) is 2.98. The first-order valence-corrected chi connectivity index (χ1v) is 11.3. The van der Waals surface area contributed by atoms with Gasteiger partial charge in [0.2, 0.25) is 0 Å². The Hall–Kier alpha value is -1.17.